The van der Waals surface area contributed by atoms with Crippen LogP contribution in [0.5, 0.6) is 0 Å². The normalized spacial score (nSPS) is 22.2. The van der Waals surface area contributed by atoms with Crippen molar-refractivity contribution < 1.29 is 0 Å². The van der Waals surface area contributed by atoms with Crippen LogP contribution in [0.2, 0.25) is 5.02 Å². The van der Waals surface area contributed by atoms with Gasteiger partial charge in [0.2, 0.25) is 0 Å². The van der Waals surface area contributed by atoms with Gasteiger partial charge < -0.3 is 5.73 Å². The zero-order chi connectivity index (χ0) is 10.8. The number of rotatable bonds is 2. The molecule has 15 heavy (non-hydrogen) atoms. The quantitative estimate of drug-likeness (QED) is 0.819. The minimum absolute atomic E-state index is 0.315. The predicted molar refractivity (Wildman–Crippen MR) is 65.2 cm³/mol. The van der Waals surface area contributed by atoms with Crippen LogP contribution in [0, 0.1) is 5.92 Å². The molecule has 2 atom stereocenters. The SMILES string of the molecule is CC(N)CC1CCc2ccc(Cl)cc2C1. The van der Waals surface area contributed by atoms with Gasteiger partial charge in [-0.15, -0.1) is 0 Å². The largest absolute Gasteiger partial charge is 0.328 e. The van der Waals surface area contributed by atoms with Crippen LogP contribution in [0.3, 0.4) is 0 Å². The van der Waals surface area contributed by atoms with Gasteiger partial charge >= 0.3 is 0 Å². The third-order valence-corrected chi connectivity index (χ3v) is 3.44. The molecule has 0 spiro atoms. The zero-order valence-corrected chi connectivity index (χ0v) is 9.93. The molecule has 0 heterocycles. The Hall–Kier alpha value is -0.530. The predicted octanol–water partition coefficient (Wildman–Crippen LogP) is 3.18. The zero-order valence-electron chi connectivity index (χ0n) is 9.17. The molecule has 2 N–H and O–H groups in total. The average molecular weight is 224 g/mol. The number of hydrogen-bond acceptors (Lipinski definition) is 1. The molecule has 82 valence electrons. The topological polar surface area (TPSA) is 26.0 Å². The molecule has 2 unspecified atom stereocenters. The van der Waals surface area contributed by atoms with Crippen molar-refractivity contribution in [3.8, 4) is 0 Å². The van der Waals surface area contributed by atoms with E-state index < -0.39 is 0 Å². The van der Waals surface area contributed by atoms with Crippen molar-refractivity contribution in [3.63, 3.8) is 0 Å². The van der Waals surface area contributed by atoms with Gasteiger partial charge in [0.15, 0.2) is 0 Å². The molecule has 2 rings (SSSR count). The molecular weight excluding hydrogens is 206 g/mol. The van der Waals surface area contributed by atoms with Crippen LogP contribution >= 0.6 is 11.6 Å². The first-order valence-corrected chi connectivity index (χ1v) is 6.06. The number of nitrogens with two attached hydrogens (primary N) is 1. The highest BCUT2D eigenvalue weighted by atomic mass is 35.5. The van der Waals surface area contributed by atoms with E-state index in [1.165, 1.54) is 24.0 Å². The Kier molecular flexibility index (Phi) is 3.32. The summed E-state index contributed by atoms with van der Waals surface area (Å²) in [5.41, 5.74) is 8.75. The van der Waals surface area contributed by atoms with Gasteiger partial charge in [-0.05, 0) is 61.8 Å². The number of hydrogen-bond donors (Lipinski definition) is 1. The lowest BCUT2D eigenvalue weighted by Gasteiger charge is -2.25. The molecule has 0 saturated carbocycles. The summed E-state index contributed by atoms with van der Waals surface area (Å²) in [6.07, 6.45) is 4.74. The molecule has 1 aliphatic carbocycles. The first-order valence-electron chi connectivity index (χ1n) is 5.68. The van der Waals surface area contributed by atoms with Crippen LogP contribution in [-0.4, -0.2) is 6.04 Å². The summed E-state index contributed by atoms with van der Waals surface area (Å²) in [6.45, 7) is 2.09. The van der Waals surface area contributed by atoms with Gasteiger partial charge in [0, 0.05) is 11.1 Å². The van der Waals surface area contributed by atoms with Gasteiger partial charge in [0.25, 0.3) is 0 Å². The Bertz CT molecular complexity index is 346. The molecule has 0 radical (unpaired) electrons. The van der Waals surface area contributed by atoms with Gasteiger partial charge in [0.1, 0.15) is 0 Å². The molecule has 0 bridgehead atoms. The average Bonchev–Trinajstić information content (AvgIpc) is 2.16. The van der Waals surface area contributed by atoms with E-state index in [0.29, 0.717) is 6.04 Å². The van der Waals surface area contributed by atoms with Gasteiger partial charge in [-0.2, -0.15) is 0 Å². The minimum atomic E-state index is 0.315. The molecule has 0 aromatic heterocycles. The van der Waals surface area contributed by atoms with E-state index in [1.807, 2.05) is 6.07 Å². The summed E-state index contributed by atoms with van der Waals surface area (Å²) in [5.74, 6) is 0.746. The fourth-order valence-corrected chi connectivity index (χ4v) is 2.72. The highest BCUT2D eigenvalue weighted by molar-refractivity contribution is 6.30. The molecule has 1 aliphatic rings. The highest BCUT2D eigenvalue weighted by Gasteiger charge is 2.19. The minimum Gasteiger partial charge on any atom is -0.328 e. The Morgan fingerprint density at radius 2 is 2.27 bits per heavy atom. The van der Waals surface area contributed by atoms with E-state index in [9.17, 15) is 0 Å². The maximum absolute atomic E-state index is 6.01. The van der Waals surface area contributed by atoms with Crippen molar-refractivity contribution in [3.05, 3.63) is 34.3 Å². The van der Waals surface area contributed by atoms with Crippen molar-refractivity contribution in [2.45, 2.75) is 38.6 Å². The maximum Gasteiger partial charge on any atom is 0.0408 e. The van der Waals surface area contributed by atoms with Gasteiger partial charge in [-0.1, -0.05) is 17.7 Å². The first kappa shape index (κ1) is 11.0. The van der Waals surface area contributed by atoms with Crippen molar-refractivity contribution in [2.75, 3.05) is 0 Å². The summed E-state index contributed by atoms with van der Waals surface area (Å²) in [6, 6.07) is 6.59. The van der Waals surface area contributed by atoms with E-state index in [2.05, 4.69) is 19.1 Å². The van der Waals surface area contributed by atoms with Crippen LogP contribution in [0.4, 0.5) is 0 Å². The molecule has 0 amide bonds. The van der Waals surface area contributed by atoms with Crippen LogP contribution in [0.15, 0.2) is 18.2 Å². The standard InChI is InChI=1S/C13H18ClN/c1-9(15)6-10-2-3-11-4-5-13(14)8-12(11)7-10/h4-5,8-10H,2-3,6-7,15H2,1H3. The lowest BCUT2D eigenvalue weighted by Crippen LogP contribution is -2.23. The van der Waals surface area contributed by atoms with Crippen molar-refractivity contribution in [1.82, 2.24) is 0 Å². The van der Waals surface area contributed by atoms with Gasteiger partial charge in [-0.25, -0.2) is 0 Å². The second-order valence-electron chi connectivity index (χ2n) is 4.73. The fourth-order valence-electron chi connectivity index (χ4n) is 2.53. The lowest BCUT2D eigenvalue weighted by atomic mass is 9.81. The summed E-state index contributed by atoms with van der Waals surface area (Å²) >= 11 is 6.01. The summed E-state index contributed by atoms with van der Waals surface area (Å²) in [7, 11) is 0. The Balaban J connectivity index is 2.11. The van der Waals surface area contributed by atoms with Crippen molar-refractivity contribution in [2.24, 2.45) is 11.7 Å². The lowest BCUT2D eigenvalue weighted by molar-refractivity contribution is 0.398. The Morgan fingerprint density at radius 3 is 3.00 bits per heavy atom. The number of benzene rings is 1. The molecule has 0 fully saturated rings. The Labute approximate surface area is 96.6 Å². The van der Waals surface area contributed by atoms with E-state index in [1.54, 1.807) is 0 Å². The molecule has 1 aromatic carbocycles. The summed E-state index contributed by atoms with van der Waals surface area (Å²) in [5, 5.41) is 0.857. The van der Waals surface area contributed by atoms with Gasteiger partial charge in [-0.3, -0.25) is 0 Å². The summed E-state index contributed by atoms with van der Waals surface area (Å²) < 4.78 is 0. The van der Waals surface area contributed by atoms with E-state index in [4.69, 9.17) is 17.3 Å². The smallest absolute Gasteiger partial charge is 0.0408 e. The van der Waals surface area contributed by atoms with E-state index >= 15 is 0 Å². The van der Waals surface area contributed by atoms with Crippen LogP contribution in [0.1, 0.15) is 30.9 Å². The van der Waals surface area contributed by atoms with Crippen molar-refractivity contribution >= 4 is 11.6 Å². The first-order chi connectivity index (χ1) is 7.15. The van der Waals surface area contributed by atoms with Crippen molar-refractivity contribution in [1.29, 1.82) is 0 Å². The second-order valence-corrected chi connectivity index (χ2v) is 5.17. The van der Waals surface area contributed by atoms with Crippen LogP contribution < -0.4 is 5.73 Å². The third kappa shape index (κ3) is 2.73. The highest BCUT2D eigenvalue weighted by Crippen LogP contribution is 2.29. The van der Waals surface area contributed by atoms with Gasteiger partial charge in [0.05, 0.1) is 0 Å². The molecular formula is C13H18ClN. The monoisotopic (exact) mass is 223 g/mol. The van der Waals surface area contributed by atoms with Crippen LogP contribution in [0.25, 0.3) is 0 Å². The molecule has 1 nitrogen and oxygen atoms in total. The fraction of sp³-hybridized carbons (Fsp3) is 0.538. The number of fused-ring (bicyclic) bond motifs is 1. The van der Waals surface area contributed by atoms with Crippen LogP contribution in [-0.2, 0) is 12.8 Å². The maximum atomic E-state index is 6.01. The number of halogens is 1. The third-order valence-electron chi connectivity index (χ3n) is 3.20. The summed E-state index contributed by atoms with van der Waals surface area (Å²) in [4.78, 5) is 0. The second kappa shape index (κ2) is 4.54. The molecule has 2 heteroatoms. The molecule has 1 aromatic rings. The van der Waals surface area contributed by atoms with E-state index in [0.717, 1.165) is 23.8 Å². The molecule has 0 saturated heterocycles. The Morgan fingerprint density at radius 1 is 1.47 bits per heavy atom. The van der Waals surface area contributed by atoms with E-state index in [-0.39, 0.29) is 0 Å². The molecule has 0 aliphatic heterocycles. The number of aryl methyl sites for hydroxylation is 1.